The van der Waals surface area contributed by atoms with E-state index in [1.807, 2.05) is 0 Å². The highest BCUT2D eigenvalue weighted by Crippen LogP contribution is 2.33. The van der Waals surface area contributed by atoms with Crippen LogP contribution in [0, 0.1) is 5.92 Å². The van der Waals surface area contributed by atoms with Gasteiger partial charge in [0.15, 0.2) is 0 Å². The Morgan fingerprint density at radius 3 is 2.46 bits per heavy atom. The molecule has 1 fully saturated rings. The first-order valence-corrected chi connectivity index (χ1v) is 4.98. The lowest BCUT2D eigenvalue weighted by Gasteiger charge is -2.37. The van der Waals surface area contributed by atoms with Crippen LogP contribution in [0.1, 0.15) is 39.5 Å². The number of rotatable bonds is 2. The fraction of sp³-hybridized carbons (Fsp3) is 0.900. The van der Waals surface area contributed by atoms with E-state index in [-0.39, 0.29) is 11.6 Å². The summed E-state index contributed by atoms with van der Waals surface area (Å²) >= 11 is 0. The molecule has 3 nitrogen and oxygen atoms in total. The van der Waals surface area contributed by atoms with Crippen molar-refractivity contribution in [2.45, 2.75) is 45.1 Å². The Morgan fingerprint density at radius 2 is 2.08 bits per heavy atom. The Morgan fingerprint density at radius 1 is 1.54 bits per heavy atom. The Labute approximate surface area is 79.6 Å². The molecular weight excluding hydrogens is 166 g/mol. The van der Waals surface area contributed by atoms with Gasteiger partial charge < -0.3 is 10.5 Å². The number of carbonyl (C=O) groups is 1. The van der Waals surface area contributed by atoms with Crippen LogP contribution in [-0.4, -0.2) is 18.1 Å². The minimum absolute atomic E-state index is 0.208. The zero-order valence-corrected chi connectivity index (χ0v) is 8.51. The van der Waals surface area contributed by atoms with E-state index in [1.54, 1.807) is 0 Å². The van der Waals surface area contributed by atoms with Crippen molar-refractivity contribution < 1.29 is 9.53 Å². The van der Waals surface area contributed by atoms with Crippen LogP contribution in [-0.2, 0) is 9.53 Å². The van der Waals surface area contributed by atoms with Crippen molar-refractivity contribution in [2.75, 3.05) is 6.54 Å². The molecule has 1 aliphatic carbocycles. The molecule has 0 spiro atoms. The van der Waals surface area contributed by atoms with Gasteiger partial charge in [0.25, 0.3) is 0 Å². The lowest BCUT2D eigenvalue weighted by atomic mass is 9.79. The van der Waals surface area contributed by atoms with Crippen LogP contribution < -0.4 is 5.73 Å². The lowest BCUT2D eigenvalue weighted by molar-refractivity contribution is -0.160. The molecular formula is C10H19NO2. The zero-order valence-electron chi connectivity index (χ0n) is 8.51. The molecule has 0 aromatic carbocycles. The van der Waals surface area contributed by atoms with Crippen molar-refractivity contribution >= 4 is 5.97 Å². The van der Waals surface area contributed by atoms with Gasteiger partial charge in [-0.25, -0.2) is 0 Å². The highest BCUT2D eigenvalue weighted by molar-refractivity contribution is 5.66. The molecule has 0 aromatic heterocycles. The Balaban J connectivity index is 2.55. The standard InChI is InChI=1S/C10H19NO2/c1-8-3-5-10(7-11,6-4-8)13-9(2)12/h8H,3-7,11H2,1-2H3. The largest absolute Gasteiger partial charge is 0.458 e. The molecule has 2 N–H and O–H groups in total. The van der Waals surface area contributed by atoms with Gasteiger partial charge in [0.1, 0.15) is 5.60 Å². The maximum Gasteiger partial charge on any atom is 0.303 e. The summed E-state index contributed by atoms with van der Waals surface area (Å²) in [7, 11) is 0. The van der Waals surface area contributed by atoms with Crippen LogP contribution >= 0.6 is 0 Å². The molecule has 13 heavy (non-hydrogen) atoms. The summed E-state index contributed by atoms with van der Waals surface area (Å²) in [6, 6.07) is 0. The summed E-state index contributed by atoms with van der Waals surface area (Å²) in [5.41, 5.74) is 5.31. The van der Waals surface area contributed by atoms with Gasteiger partial charge >= 0.3 is 5.97 Å². The lowest BCUT2D eigenvalue weighted by Crippen LogP contribution is -2.44. The smallest absolute Gasteiger partial charge is 0.303 e. The van der Waals surface area contributed by atoms with Gasteiger partial charge in [-0.15, -0.1) is 0 Å². The topological polar surface area (TPSA) is 52.3 Å². The monoisotopic (exact) mass is 185 g/mol. The predicted octanol–water partition coefficient (Wildman–Crippen LogP) is 1.46. The highest BCUT2D eigenvalue weighted by Gasteiger charge is 2.35. The molecule has 0 aliphatic heterocycles. The second-order valence-electron chi connectivity index (χ2n) is 4.16. The van der Waals surface area contributed by atoms with Crippen molar-refractivity contribution in [1.29, 1.82) is 0 Å². The summed E-state index contributed by atoms with van der Waals surface area (Å²) in [6.45, 7) is 4.14. The maximum absolute atomic E-state index is 10.9. The van der Waals surface area contributed by atoms with E-state index >= 15 is 0 Å². The molecule has 0 radical (unpaired) electrons. The third kappa shape index (κ3) is 2.69. The van der Waals surface area contributed by atoms with Gasteiger partial charge in [-0.05, 0) is 31.6 Å². The summed E-state index contributed by atoms with van der Waals surface area (Å²) in [5, 5.41) is 0. The van der Waals surface area contributed by atoms with Crippen molar-refractivity contribution in [3.05, 3.63) is 0 Å². The number of esters is 1. The first-order valence-electron chi connectivity index (χ1n) is 4.98. The molecule has 1 rings (SSSR count). The molecule has 1 saturated carbocycles. The van der Waals surface area contributed by atoms with E-state index < -0.39 is 0 Å². The Bertz CT molecular complexity index is 183. The van der Waals surface area contributed by atoms with Gasteiger partial charge in [0.05, 0.1) is 0 Å². The van der Waals surface area contributed by atoms with E-state index in [0.717, 1.165) is 31.6 Å². The fourth-order valence-electron chi connectivity index (χ4n) is 1.94. The summed E-state index contributed by atoms with van der Waals surface area (Å²) < 4.78 is 5.31. The molecule has 0 aromatic rings. The molecule has 0 amide bonds. The third-order valence-electron chi connectivity index (χ3n) is 2.92. The average Bonchev–Trinajstić information content (AvgIpc) is 2.09. The summed E-state index contributed by atoms with van der Waals surface area (Å²) in [5.74, 6) is 0.537. The first-order chi connectivity index (χ1) is 6.08. The number of ether oxygens (including phenoxy) is 1. The van der Waals surface area contributed by atoms with Crippen LogP contribution in [0.5, 0.6) is 0 Å². The van der Waals surface area contributed by atoms with Gasteiger partial charge in [-0.3, -0.25) is 4.79 Å². The van der Waals surface area contributed by atoms with Crippen molar-refractivity contribution in [3.63, 3.8) is 0 Å². The SMILES string of the molecule is CC(=O)OC1(CN)CCC(C)CC1. The van der Waals surface area contributed by atoms with Crippen LogP contribution in [0.15, 0.2) is 0 Å². The van der Waals surface area contributed by atoms with Gasteiger partial charge in [0.2, 0.25) is 0 Å². The molecule has 0 heterocycles. The quantitative estimate of drug-likeness (QED) is 0.662. The van der Waals surface area contributed by atoms with Crippen molar-refractivity contribution in [2.24, 2.45) is 11.7 Å². The van der Waals surface area contributed by atoms with Crippen LogP contribution in [0.3, 0.4) is 0 Å². The molecule has 0 atom stereocenters. The first kappa shape index (κ1) is 10.5. The minimum atomic E-state index is -0.349. The van der Waals surface area contributed by atoms with E-state index in [1.165, 1.54) is 6.92 Å². The van der Waals surface area contributed by atoms with E-state index in [9.17, 15) is 4.79 Å². The van der Waals surface area contributed by atoms with Crippen molar-refractivity contribution in [3.8, 4) is 0 Å². The number of nitrogens with two attached hydrogens (primary N) is 1. The molecule has 0 bridgehead atoms. The molecule has 0 saturated heterocycles. The minimum Gasteiger partial charge on any atom is -0.458 e. The van der Waals surface area contributed by atoms with E-state index in [0.29, 0.717) is 6.54 Å². The number of carbonyl (C=O) groups excluding carboxylic acids is 1. The average molecular weight is 185 g/mol. The van der Waals surface area contributed by atoms with Crippen LogP contribution in [0.25, 0.3) is 0 Å². The summed E-state index contributed by atoms with van der Waals surface area (Å²) in [6.07, 6.45) is 4.07. The zero-order chi connectivity index (χ0) is 9.90. The Kier molecular flexibility index (Phi) is 3.31. The van der Waals surface area contributed by atoms with E-state index in [2.05, 4.69) is 6.92 Å². The maximum atomic E-state index is 10.9. The van der Waals surface area contributed by atoms with Gasteiger partial charge in [0, 0.05) is 13.5 Å². The Hall–Kier alpha value is -0.570. The number of hydrogen-bond donors (Lipinski definition) is 1. The third-order valence-corrected chi connectivity index (χ3v) is 2.92. The van der Waals surface area contributed by atoms with Gasteiger partial charge in [-0.1, -0.05) is 6.92 Å². The highest BCUT2D eigenvalue weighted by atomic mass is 16.6. The molecule has 3 heteroatoms. The van der Waals surface area contributed by atoms with Gasteiger partial charge in [-0.2, -0.15) is 0 Å². The number of hydrogen-bond acceptors (Lipinski definition) is 3. The predicted molar refractivity (Wildman–Crippen MR) is 51.2 cm³/mol. The molecule has 1 aliphatic rings. The second kappa shape index (κ2) is 4.09. The van der Waals surface area contributed by atoms with Crippen molar-refractivity contribution in [1.82, 2.24) is 0 Å². The molecule has 76 valence electrons. The van der Waals surface area contributed by atoms with Crippen LogP contribution in [0.2, 0.25) is 0 Å². The molecule has 0 unspecified atom stereocenters. The summed E-state index contributed by atoms with van der Waals surface area (Å²) in [4.78, 5) is 10.9. The second-order valence-corrected chi connectivity index (χ2v) is 4.16. The fourth-order valence-corrected chi connectivity index (χ4v) is 1.94. The van der Waals surface area contributed by atoms with E-state index in [4.69, 9.17) is 10.5 Å². The normalized spacial score (nSPS) is 34.2. The van der Waals surface area contributed by atoms with Crippen LogP contribution in [0.4, 0.5) is 0 Å².